The first-order chi connectivity index (χ1) is 12.3. The summed E-state index contributed by atoms with van der Waals surface area (Å²) in [5.74, 6) is 0.360. The number of fused-ring (bicyclic) bond motifs is 2. The molecular weight excluding hydrogens is 345 g/mol. The second kappa shape index (κ2) is 6.35. The molecule has 0 fully saturated rings. The van der Waals surface area contributed by atoms with Crippen LogP contribution in [0.2, 0.25) is 5.02 Å². The summed E-state index contributed by atoms with van der Waals surface area (Å²) in [5.41, 5.74) is 5.02. The van der Waals surface area contributed by atoms with Gasteiger partial charge in [-0.2, -0.15) is 0 Å². The molecule has 0 bridgehead atoms. The minimum absolute atomic E-state index is 0.194. The number of hydrogen-bond acceptors (Lipinski definition) is 1. The topological polar surface area (TPSA) is 12.9 Å². The summed E-state index contributed by atoms with van der Waals surface area (Å²) in [4.78, 5) is 4.91. The first kappa shape index (κ1) is 17.5. The highest BCUT2D eigenvalue weighted by molar-refractivity contribution is 6.31. The van der Waals surface area contributed by atoms with E-state index < -0.39 is 0 Å². The highest BCUT2D eigenvalue weighted by Gasteiger charge is 2.32. The summed E-state index contributed by atoms with van der Waals surface area (Å²) in [7, 11) is 0. The molecule has 4 rings (SSSR count). The molecule has 1 unspecified atom stereocenters. The minimum atomic E-state index is -0.194. The lowest BCUT2D eigenvalue weighted by Gasteiger charge is -2.35. The maximum atomic E-state index is 14.8. The number of halogens is 2. The second-order valence-corrected chi connectivity index (χ2v) is 8.80. The summed E-state index contributed by atoms with van der Waals surface area (Å²) in [6, 6.07) is 12.7. The van der Waals surface area contributed by atoms with Gasteiger partial charge in [-0.3, -0.25) is 4.98 Å². The Morgan fingerprint density at radius 1 is 1.12 bits per heavy atom. The van der Waals surface area contributed by atoms with E-state index in [0.29, 0.717) is 16.5 Å². The van der Waals surface area contributed by atoms with E-state index in [9.17, 15) is 4.39 Å². The van der Waals surface area contributed by atoms with Crippen LogP contribution < -0.4 is 0 Å². The van der Waals surface area contributed by atoms with Crippen LogP contribution in [-0.4, -0.2) is 4.98 Å². The van der Waals surface area contributed by atoms with Crippen LogP contribution in [-0.2, 0) is 12.8 Å². The summed E-state index contributed by atoms with van der Waals surface area (Å²) >= 11 is 6.28. The Morgan fingerprint density at radius 3 is 2.62 bits per heavy atom. The molecule has 1 aromatic heterocycles. The highest BCUT2D eigenvalue weighted by Crippen LogP contribution is 2.43. The molecule has 134 valence electrons. The molecule has 0 N–H and O–H groups in total. The van der Waals surface area contributed by atoms with Crippen LogP contribution in [0.3, 0.4) is 0 Å². The average Bonchev–Trinajstić information content (AvgIpc) is 2.59. The minimum Gasteiger partial charge on any atom is -0.253 e. The molecule has 26 heavy (non-hydrogen) atoms. The normalized spacial score (nSPS) is 17.3. The van der Waals surface area contributed by atoms with Gasteiger partial charge in [-0.05, 0) is 66.0 Å². The van der Waals surface area contributed by atoms with Crippen LogP contribution in [0.5, 0.6) is 0 Å². The van der Waals surface area contributed by atoms with E-state index in [1.54, 1.807) is 6.07 Å². The third-order valence-corrected chi connectivity index (χ3v) is 5.92. The van der Waals surface area contributed by atoms with Gasteiger partial charge < -0.3 is 0 Å². The number of aromatic nitrogens is 1. The number of aryl methyl sites for hydroxylation is 1. The predicted octanol–water partition coefficient (Wildman–Crippen LogP) is 6.85. The van der Waals surface area contributed by atoms with Crippen LogP contribution in [0, 0.1) is 17.2 Å². The van der Waals surface area contributed by atoms with E-state index in [1.165, 1.54) is 11.6 Å². The second-order valence-electron chi connectivity index (χ2n) is 8.36. The van der Waals surface area contributed by atoms with E-state index in [4.69, 9.17) is 16.6 Å². The predicted molar refractivity (Wildman–Crippen MR) is 107 cm³/mol. The fourth-order valence-electron chi connectivity index (χ4n) is 4.12. The van der Waals surface area contributed by atoms with Crippen LogP contribution in [0.4, 0.5) is 4.39 Å². The molecular formula is C23H23ClFN. The Kier molecular flexibility index (Phi) is 4.27. The van der Waals surface area contributed by atoms with Crippen LogP contribution >= 0.6 is 11.6 Å². The van der Waals surface area contributed by atoms with Gasteiger partial charge in [-0.1, -0.05) is 50.6 Å². The van der Waals surface area contributed by atoms with E-state index in [0.717, 1.165) is 41.4 Å². The smallest absolute Gasteiger partial charge is 0.131 e. The molecule has 1 aliphatic carbocycles. The average molecular weight is 368 g/mol. The van der Waals surface area contributed by atoms with E-state index in [2.05, 4.69) is 20.8 Å². The van der Waals surface area contributed by atoms with Gasteiger partial charge in [-0.25, -0.2) is 4.39 Å². The van der Waals surface area contributed by atoms with Crippen LogP contribution in [0.25, 0.3) is 22.0 Å². The van der Waals surface area contributed by atoms with Crippen molar-refractivity contribution < 1.29 is 4.39 Å². The highest BCUT2D eigenvalue weighted by atomic mass is 35.5. The lowest BCUT2D eigenvalue weighted by Crippen LogP contribution is -2.28. The first-order valence-corrected chi connectivity index (χ1v) is 9.58. The van der Waals surface area contributed by atoms with Crippen molar-refractivity contribution in [2.45, 2.75) is 40.0 Å². The van der Waals surface area contributed by atoms with Crippen LogP contribution in [0.15, 0.2) is 42.5 Å². The molecule has 0 amide bonds. The van der Waals surface area contributed by atoms with Gasteiger partial charge in [0.15, 0.2) is 0 Å². The largest absolute Gasteiger partial charge is 0.253 e. The molecule has 0 spiro atoms. The zero-order valence-corrected chi connectivity index (χ0v) is 16.2. The summed E-state index contributed by atoms with van der Waals surface area (Å²) in [5, 5.41) is 1.59. The number of hydrogen-bond donors (Lipinski definition) is 0. The lowest BCUT2D eigenvalue weighted by molar-refractivity contribution is 0.215. The molecule has 3 aromatic rings. The molecule has 0 aliphatic heterocycles. The number of benzene rings is 2. The van der Waals surface area contributed by atoms with Crippen molar-refractivity contribution in [3.63, 3.8) is 0 Å². The number of nitrogens with zero attached hydrogens (tertiary/aromatic N) is 1. The lowest BCUT2D eigenvalue weighted by atomic mass is 9.70. The molecule has 1 nitrogen and oxygen atoms in total. The third kappa shape index (κ3) is 3.01. The zero-order valence-electron chi connectivity index (χ0n) is 15.4. The van der Waals surface area contributed by atoms with Gasteiger partial charge >= 0.3 is 0 Å². The van der Waals surface area contributed by atoms with Crippen molar-refractivity contribution in [3.8, 4) is 11.1 Å². The quantitative estimate of drug-likeness (QED) is 0.458. The van der Waals surface area contributed by atoms with Gasteiger partial charge in [-0.15, -0.1) is 0 Å². The van der Waals surface area contributed by atoms with Gasteiger partial charge in [0.1, 0.15) is 5.82 Å². The molecule has 1 heterocycles. The first-order valence-electron chi connectivity index (χ1n) is 9.20. The van der Waals surface area contributed by atoms with Crippen molar-refractivity contribution in [1.82, 2.24) is 4.98 Å². The Balaban J connectivity index is 2.03. The molecule has 1 aliphatic rings. The van der Waals surface area contributed by atoms with Crippen LogP contribution in [0.1, 0.15) is 38.4 Å². The SMILES string of the molecule is CC(C)(C)C1CCc2nc3ccc(Cl)cc3c(-c3ccccc3F)c2C1. The van der Waals surface area contributed by atoms with Crippen molar-refractivity contribution in [1.29, 1.82) is 0 Å². The molecule has 0 saturated heterocycles. The zero-order chi connectivity index (χ0) is 18.5. The Bertz CT molecular complexity index is 987. The van der Waals surface area contributed by atoms with Gasteiger partial charge in [0.05, 0.1) is 5.52 Å². The van der Waals surface area contributed by atoms with E-state index >= 15 is 0 Å². The maximum absolute atomic E-state index is 14.8. The van der Waals surface area contributed by atoms with Crippen molar-refractivity contribution in [3.05, 3.63) is 64.6 Å². The molecule has 1 atom stereocenters. The van der Waals surface area contributed by atoms with E-state index in [1.807, 2.05) is 30.3 Å². The Labute approximate surface area is 159 Å². The van der Waals surface area contributed by atoms with Crippen molar-refractivity contribution in [2.75, 3.05) is 0 Å². The van der Waals surface area contributed by atoms with Gasteiger partial charge in [0, 0.05) is 21.7 Å². The standard InChI is InChI=1S/C23H23ClFN/c1-23(2,3)14-8-10-20-17(12-14)22(16-6-4-5-7-19(16)25)18-13-15(24)9-11-21(18)26-20/h4-7,9,11,13-14H,8,10,12H2,1-3H3. The fourth-order valence-corrected chi connectivity index (χ4v) is 4.29. The maximum Gasteiger partial charge on any atom is 0.131 e. The Hall–Kier alpha value is -1.93. The van der Waals surface area contributed by atoms with Gasteiger partial charge in [0.2, 0.25) is 0 Å². The third-order valence-electron chi connectivity index (χ3n) is 5.68. The van der Waals surface area contributed by atoms with E-state index in [-0.39, 0.29) is 11.2 Å². The number of rotatable bonds is 1. The Morgan fingerprint density at radius 2 is 1.88 bits per heavy atom. The molecule has 2 aromatic carbocycles. The number of pyridine rings is 1. The monoisotopic (exact) mass is 367 g/mol. The summed E-state index contributed by atoms with van der Waals surface area (Å²) in [6.07, 6.45) is 2.99. The fraction of sp³-hybridized carbons (Fsp3) is 0.348. The van der Waals surface area contributed by atoms with Crippen molar-refractivity contribution >= 4 is 22.5 Å². The van der Waals surface area contributed by atoms with Crippen molar-refractivity contribution in [2.24, 2.45) is 11.3 Å². The van der Waals surface area contributed by atoms with Gasteiger partial charge in [0.25, 0.3) is 0 Å². The molecule has 0 saturated carbocycles. The summed E-state index contributed by atoms with van der Waals surface area (Å²) in [6.45, 7) is 6.87. The summed E-state index contributed by atoms with van der Waals surface area (Å²) < 4.78 is 14.8. The molecule has 3 heteroatoms. The molecule has 0 radical (unpaired) electrons.